The Morgan fingerprint density at radius 2 is 2.00 bits per heavy atom. The lowest BCUT2D eigenvalue weighted by atomic mass is 10.1. The first-order chi connectivity index (χ1) is 9.49. The van der Waals surface area contributed by atoms with Gasteiger partial charge in [0.1, 0.15) is 5.75 Å². The van der Waals surface area contributed by atoms with Crippen LogP contribution in [-0.2, 0) is 6.61 Å². The van der Waals surface area contributed by atoms with Crippen LogP contribution in [0, 0.1) is 6.92 Å². The van der Waals surface area contributed by atoms with E-state index >= 15 is 0 Å². The van der Waals surface area contributed by atoms with E-state index in [0.29, 0.717) is 16.7 Å². The third-order valence-electron chi connectivity index (χ3n) is 3.02. The predicted molar refractivity (Wildman–Crippen MR) is 80.5 cm³/mol. The Balaban J connectivity index is 2.37. The summed E-state index contributed by atoms with van der Waals surface area (Å²) in [6.07, 6.45) is 0. The lowest BCUT2D eigenvalue weighted by Gasteiger charge is -2.12. The highest BCUT2D eigenvalue weighted by atomic mass is 35.5. The number of rotatable bonds is 4. The molecule has 0 amide bonds. The molecule has 20 heavy (non-hydrogen) atoms. The molecule has 0 bridgehead atoms. The first kappa shape index (κ1) is 14.8. The highest BCUT2D eigenvalue weighted by molar-refractivity contribution is 6.30. The van der Waals surface area contributed by atoms with Gasteiger partial charge in [0.15, 0.2) is 0 Å². The molecule has 0 radical (unpaired) electrons. The molecule has 0 unspecified atom stereocenters. The molecule has 0 fully saturated rings. The molecule has 1 aromatic carbocycles. The standard InChI is InChI=1S/C16H18ClNO2/c1-10(2)14-6-12(9-19)7-16(18-14)20-15-8-13(17)5-4-11(15)3/h4-8,10,19H,9H2,1-3H3. The fourth-order valence-electron chi connectivity index (χ4n) is 1.82. The first-order valence-corrected chi connectivity index (χ1v) is 6.93. The predicted octanol–water partition coefficient (Wildman–Crippen LogP) is 4.45. The first-order valence-electron chi connectivity index (χ1n) is 6.55. The molecule has 106 valence electrons. The van der Waals surface area contributed by atoms with E-state index in [4.69, 9.17) is 16.3 Å². The number of nitrogens with zero attached hydrogens (tertiary/aromatic N) is 1. The molecule has 4 heteroatoms. The molecule has 2 rings (SSSR count). The second-order valence-electron chi connectivity index (χ2n) is 5.06. The topological polar surface area (TPSA) is 42.4 Å². The van der Waals surface area contributed by atoms with Crippen molar-refractivity contribution in [2.45, 2.75) is 33.3 Å². The molecule has 1 aromatic heterocycles. The number of aliphatic hydroxyl groups is 1. The van der Waals surface area contributed by atoms with Crippen LogP contribution < -0.4 is 4.74 Å². The molecule has 0 saturated carbocycles. The molecule has 0 atom stereocenters. The lowest BCUT2D eigenvalue weighted by Crippen LogP contribution is -1.99. The van der Waals surface area contributed by atoms with Crippen molar-refractivity contribution in [3.63, 3.8) is 0 Å². The van der Waals surface area contributed by atoms with Gasteiger partial charge < -0.3 is 9.84 Å². The highest BCUT2D eigenvalue weighted by Gasteiger charge is 2.09. The number of hydrogen-bond donors (Lipinski definition) is 1. The molecular weight excluding hydrogens is 274 g/mol. The fraction of sp³-hybridized carbons (Fsp3) is 0.312. The van der Waals surface area contributed by atoms with Crippen molar-refractivity contribution in [1.29, 1.82) is 0 Å². The summed E-state index contributed by atoms with van der Waals surface area (Å²) in [5, 5.41) is 9.95. The molecule has 0 aliphatic heterocycles. The van der Waals surface area contributed by atoms with E-state index in [0.717, 1.165) is 16.8 Å². The van der Waals surface area contributed by atoms with Crippen LogP contribution in [0.4, 0.5) is 0 Å². The van der Waals surface area contributed by atoms with Crippen molar-refractivity contribution in [2.75, 3.05) is 0 Å². The van der Waals surface area contributed by atoms with Crippen LogP contribution in [-0.4, -0.2) is 10.1 Å². The molecule has 0 saturated heterocycles. The normalized spacial score (nSPS) is 10.9. The minimum absolute atomic E-state index is 0.0346. The zero-order valence-electron chi connectivity index (χ0n) is 11.9. The van der Waals surface area contributed by atoms with Gasteiger partial charge in [-0.1, -0.05) is 31.5 Å². The third kappa shape index (κ3) is 3.50. The van der Waals surface area contributed by atoms with Gasteiger partial charge in [0.05, 0.1) is 6.61 Å². The number of hydrogen-bond acceptors (Lipinski definition) is 3. The van der Waals surface area contributed by atoms with Gasteiger partial charge in [0.2, 0.25) is 5.88 Å². The number of halogens is 1. The van der Waals surface area contributed by atoms with Gasteiger partial charge in [-0.25, -0.2) is 4.98 Å². The Kier molecular flexibility index (Phi) is 4.63. The Labute approximate surface area is 124 Å². The number of aryl methyl sites for hydroxylation is 1. The molecule has 2 aromatic rings. The summed E-state index contributed by atoms with van der Waals surface area (Å²) >= 11 is 5.98. The number of aliphatic hydroxyl groups excluding tert-OH is 1. The van der Waals surface area contributed by atoms with Crippen molar-refractivity contribution in [1.82, 2.24) is 4.98 Å². The summed E-state index contributed by atoms with van der Waals surface area (Å²) in [4.78, 5) is 4.47. The molecule has 1 N–H and O–H groups in total. The monoisotopic (exact) mass is 291 g/mol. The van der Waals surface area contributed by atoms with E-state index in [1.54, 1.807) is 12.1 Å². The van der Waals surface area contributed by atoms with Gasteiger partial charge in [-0.15, -0.1) is 0 Å². The number of pyridine rings is 1. The van der Waals surface area contributed by atoms with Crippen molar-refractivity contribution < 1.29 is 9.84 Å². The van der Waals surface area contributed by atoms with Crippen molar-refractivity contribution in [3.05, 3.63) is 52.2 Å². The second-order valence-corrected chi connectivity index (χ2v) is 5.50. The summed E-state index contributed by atoms with van der Waals surface area (Å²) < 4.78 is 5.82. The van der Waals surface area contributed by atoms with Gasteiger partial charge >= 0.3 is 0 Å². The smallest absolute Gasteiger partial charge is 0.219 e. The van der Waals surface area contributed by atoms with Crippen LogP contribution in [0.25, 0.3) is 0 Å². The summed E-state index contributed by atoms with van der Waals surface area (Å²) in [5.41, 5.74) is 2.67. The van der Waals surface area contributed by atoms with Crippen LogP contribution in [0.5, 0.6) is 11.6 Å². The highest BCUT2D eigenvalue weighted by Crippen LogP contribution is 2.28. The minimum Gasteiger partial charge on any atom is -0.439 e. The SMILES string of the molecule is Cc1ccc(Cl)cc1Oc1cc(CO)cc(C(C)C)n1. The summed E-state index contributed by atoms with van der Waals surface area (Å²) in [6.45, 7) is 6.02. The maximum atomic E-state index is 9.33. The van der Waals surface area contributed by atoms with Crippen molar-refractivity contribution >= 4 is 11.6 Å². The van der Waals surface area contributed by atoms with Gasteiger partial charge in [0, 0.05) is 16.8 Å². The van der Waals surface area contributed by atoms with Crippen LogP contribution >= 0.6 is 11.6 Å². The van der Waals surface area contributed by atoms with E-state index in [9.17, 15) is 5.11 Å². The van der Waals surface area contributed by atoms with Crippen molar-refractivity contribution in [3.8, 4) is 11.6 Å². The van der Waals surface area contributed by atoms with Gasteiger partial charge in [-0.05, 0) is 42.2 Å². The Bertz CT molecular complexity index is 611. The van der Waals surface area contributed by atoms with Crippen LogP contribution in [0.15, 0.2) is 30.3 Å². The number of aromatic nitrogens is 1. The number of benzene rings is 1. The average molecular weight is 292 g/mol. The summed E-state index contributed by atoms with van der Waals surface area (Å²) in [7, 11) is 0. The lowest BCUT2D eigenvalue weighted by molar-refractivity contribution is 0.280. The number of ether oxygens (including phenoxy) is 1. The molecule has 0 spiro atoms. The van der Waals surface area contributed by atoms with Gasteiger partial charge in [-0.2, -0.15) is 0 Å². The van der Waals surface area contributed by atoms with E-state index < -0.39 is 0 Å². The molecule has 0 aliphatic carbocycles. The van der Waals surface area contributed by atoms with Crippen molar-refractivity contribution in [2.24, 2.45) is 0 Å². The zero-order valence-corrected chi connectivity index (χ0v) is 12.6. The largest absolute Gasteiger partial charge is 0.439 e. The fourth-order valence-corrected chi connectivity index (χ4v) is 1.98. The maximum Gasteiger partial charge on any atom is 0.219 e. The quantitative estimate of drug-likeness (QED) is 0.905. The molecule has 0 aliphatic rings. The Morgan fingerprint density at radius 1 is 1.25 bits per heavy atom. The minimum atomic E-state index is -0.0346. The maximum absolute atomic E-state index is 9.33. The second kappa shape index (κ2) is 6.25. The molecule has 1 heterocycles. The summed E-state index contributed by atoms with van der Waals surface area (Å²) in [6, 6.07) is 9.12. The average Bonchev–Trinajstić information content (AvgIpc) is 2.42. The van der Waals surface area contributed by atoms with E-state index in [2.05, 4.69) is 18.8 Å². The van der Waals surface area contributed by atoms with Crippen LogP contribution in [0.1, 0.15) is 36.6 Å². The zero-order chi connectivity index (χ0) is 14.7. The van der Waals surface area contributed by atoms with E-state index in [1.807, 2.05) is 25.1 Å². The van der Waals surface area contributed by atoms with E-state index in [1.165, 1.54) is 0 Å². The van der Waals surface area contributed by atoms with Crippen LogP contribution in [0.3, 0.4) is 0 Å². The third-order valence-corrected chi connectivity index (χ3v) is 3.26. The van der Waals surface area contributed by atoms with Gasteiger partial charge in [-0.3, -0.25) is 0 Å². The van der Waals surface area contributed by atoms with E-state index in [-0.39, 0.29) is 12.5 Å². The molecular formula is C16H18ClNO2. The van der Waals surface area contributed by atoms with Crippen LogP contribution in [0.2, 0.25) is 5.02 Å². The Hall–Kier alpha value is -1.58. The molecule has 3 nitrogen and oxygen atoms in total. The van der Waals surface area contributed by atoms with Gasteiger partial charge in [0.25, 0.3) is 0 Å². The summed E-state index contributed by atoms with van der Waals surface area (Å²) in [5.74, 6) is 1.42. The Morgan fingerprint density at radius 3 is 2.65 bits per heavy atom.